The number of hydrogen-bond acceptors (Lipinski definition) is 1. The molecule has 0 aliphatic heterocycles. The Hall–Kier alpha value is -6.70. The van der Waals surface area contributed by atoms with Crippen LogP contribution in [0.5, 0.6) is 0 Å². The summed E-state index contributed by atoms with van der Waals surface area (Å²) in [7, 11) is 0. The Bertz CT molecular complexity index is 2810. The highest BCUT2D eigenvalue weighted by Gasteiger charge is 2.36. The topological polar surface area (TPSA) is 3.24 Å². The van der Waals surface area contributed by atoms with Gasteiger partial charge >= 0.3 is 0 Å². The maximum Gasteiger partial charge on any atom is 0.0546 e. The molecule has 0 saturated heterocycles. The molecule has 0 saturated carbocycles. The number of anilines is 3. The van der Waals surface area contributed by atoms with Crippen molar-refractivity contribution in [3.8, 4) is 44.5 Å². The van der Waals surface area contributed by atoms with Crippen LogP contribution in [0.3, 0.4) is 0 Å². The molecule has 54 heavy (non-hydrogen) atoms. The summed E-state index contributed by atoms with van der Waals surface area (Å²) in [5, 5.41) is 5.02. The molecular formula is C53H39N. The number of rotatable bonds is 6. The van der Waals surface area contributed by atoms with Gasteiger partial charge < -0.3 is 4.90 Å². The van der Waals surface area contributed by atoms with Crippen molar-refractivity contribution in [2.75, 3.05) is 4.90 Å². The Morgan fingerprint density at radius 3 is 1.44 bits per heavy atom. The second-order valence-electron chi connectivity index (χ2n) is 15.0. The van der Waals surface area contributed by atoms with Gasteiger partial charge in [-0.15, -0.1) is 0 Å². The van der Waals surface area contributed by atoms with Gasteiger partial charge in [0.05, 0.1) is 5.69 Å². The third-order valence-corrected chi connectivity index (χ3v) is 11.5. The van der Waals surface area contributed by atoms with Gasteiger partial charge in [0.15, 0.2) is 0 Å². The van der Waals surface area contributed by atoms with E-state index in [0.717, 1.165) is 11.4 Å². The van der Waals surface area contributed by atoms with Gasteiger partial charge in [0.25, 0.3) is 0 Å². The van der Waals surface area contributed by atoms with Gasteiger partial charge in [-0.1, -0.05) is 178 Å². The summed E-state index contributed by atoms with van der Waals surface area (Å²) in [6.45, 7) is 4.76. The van der Waals surface area contributed by atoms with Gasteiger partial charge in [-0.2, -0.15) is 0 Å². The second kappa shape index (κ2) is 12.8. The van der Waals surface area contributed by atoms with Crippen LogP contribution in [0.25, 0.3) is 66.1 Å². The summed E-state index contributed by atoms with van der Waals surface area (Å²) in [6, 6.07) is 73.3. The molecule has 1 heteroatoms. The first-order valence-electron chi connectivity index (χ1n) is 18.8. The molecule has 9 aromatic rings. The number of fused-ring (bicyclic) bond motifs is 6. The Kier molecular flexibility index (Phi) is 7.56. The minimum absolute atomic E-state index is 0.176. The molecule has 0 bridgehead atoms. The predicted octanol–water partition coefficient (Wildman–Crippen LogP) is 14.8. The molecule has 256 valence electrons. The Morgan fingerprint density at radius 2 is 0.796 bits per heavy atom. The highest BCUT2D eigenvalue weighted by Crippen LogP contribution is 2.52. The first kappa shape index (κ1) is 32.0. The zero-order valence-corrected chi connectivity index (χ0v) is 30.5. The van der Waals surface area contributed by atoms with Crippen molar-refractivity contribution >= 4 is 38.6 Å². The van der Waals surface area contributed by atoms with E-state index in [9.17, 15) is 0 Å². The molecule has 0 N–H and O–H groups in total. The molecule has 0 aromatic heterocycles. The third-order valence-electron chi connectivity index (χ3n) is 11.5. The molecule has 1 aliphatic carbocycles. The van der Waals surface area contributed by atoms with E-state index in [-0.39, 0.29) is 5.41 Å². The average molecular weight is 690 g/mol. The molecule has 0 fully saturated rings. The predicted molar refractivity (Wildman–Crippen MR) is 230 cm³/mol. The van der Waals surface area contributed by atoms with Crippen LogP contribution in [0.2, 0.25) is 0 Å². The Balaban J connectivity index is 1.01. The lowest BCUT2D eigenvalue weighted by molar-refractivity contribution is 0.660. The number of hydrogen-bond donors (Lipinski definition) is 0. The maximum absolute atomic E-state index is 2.44. The molecule has 0 atom stereocenters. The first-order valence-corrected chi connectivity index (χ1v) is 18.8. The van der Waals surface area contributed by atoms with E-state index < -0.39 is 0 Å². The van der Waals surface area contributed by atoms with Crippen LogP contribution in [0, 0.1) is 0 Å². The molecule has 0 unspecified atom stereocenters. The van der Waals surface area contributed by atoms with E-state index in [1.807, 2.05) is 0 Å². The molecule has 0 amide bonds. The van der Waals surface area contributed by atoms with E-state index in [4.69, 9.17) is 0 Å². The van der Waals surface area contributed by atoms with Crippen molar-refractivity contribution in [1.29, 1.82) is 0 Å². The van der Waals surface area contributed by atoms with Gasteiger partial charge in [-0.25, -0.2) is 0 Å². The van der Waals surface area contributed by atoms with Crippen molar-refractivity contribution in [3.63, 3.8) is 0 Å². The highest BCUT2D eigenvalue weighted by atomic mass is 15.1. The quantitative estimate of drug-likeness (QED) is 0.157. The van der Waals surface area contributed by atoms with E-state index >= 15 is 0 Å². The fraction of sp³-hybridized carbons (Fsp3) is 0.0566. The van der Waals surface area contributed by atoms with Crippen LogP contribution in [0.4, 0.5) is 17.1 Å². The van der Waals surface area contributed by atoms with Crippen molar-refractivity contribution < 1.29 is 0 Å². The lowest BCUT2D eigenvalue weighted by atomic mass is 9.81. The van der Waals surface area contributed by atoms with Crippen molar-refractivity contribution in [3.05, 3.63) is 211 Å². The molecule has 10 rings (SSSR count). The van der Waals surface area contributed by atoms with Gasteiger partial charge in [-0.3, -0.25) is 0 Å². The summed E-state index contributed by atoms with van der Waals surface area (Å²) in [5.41, 5.74) is 16.1. The summed E-state index contributed by atoms with van der Waals surface area (Å²) >= 11 is 0. The highest BCUT2D eigenvalue weighted by molar-refractivity contribution is 6.14. The molecule has 0 heterocycles. The second-order valence-corrected chi connectivity index (χ2v) is 15.0. The molecule has 0 spiro atoms. The first-order chi connectivity index (χ1) is 26.5. The fourth-order valence-electron chi connectivity index (χ4n) is 8.61. The maximum atomic E-state index is 2.44. The monoisotopic (exact) mass is 689 g/mol. The minimum atomic E-state index is -0.176. The fourth-order valence-corrected chi connectivity index (χ4v) is 8.61. The van der Waals surface area contributed by atoms with Crippen molar-refractivity contribution in [2.24, 2.45) is 0 Å². The average Bonchev–Trinajstić information content (AvgIpc) is 3.46. The lowest BCUT2D eigenvalue weighted by Crippen LogP contribution is -2.17. The normalized spacial score (nSPS) is 12.8. The largest absolute Gasteiger partial charge is 0.310 e. The van der Waals surface area contributed by atoms with Gasteiger partial charge in [-0.05, 0) is 108 Å². The summed E-state index contributed by atoms with van der Waals surface area (Å²) in [5.74, 6) is 0. The van der Waals surface area contributed by atoms with Crippen molar-refractivity contribution in [2.45, 2.75) is 19.3 Å². The van der Waals surface area contributed by atoms with Crippen LogP contribution in [-0.2, 0) is 5.41 Å². The lowest BCUT2D eigenvalue weighted by Gasteiger charge is -2.29. The smallest absolute Gasteiger partial charge is 0.0546 e. The van der Waals surface area contributed by atoms with Crippen LogP contribution in [0.1, 0.15) is 25.0 Å². The number of para-hydroxylation sites is 1. The summed E-state index contributed by atoms with van der Waals surface area (Å²) < 4.78 is 0. The van der Waals surface area contributed by atoms with Gasteiger partial charge in [0, 0.05) is 22.2 Å². The third kappa shape index (κ3) is 5.32. The number of nitrogens with zero attached hydrogens (tertiary/aromatic N) is 1. The van der Waals surface area contributed by atoms with Crippen LogP contribution < -0.4 is 4.90 Å². The summed E-state index contributed by atoms with van der Waals surface area (Å²) in [4.78, 5) is 2.44. The summed E-state index contributed by atoms with van der Waals surface area (Å²) in [6.07, 6.45) is 0. The van der Waals surface area contributed by atoms with Crippen LogP contribution >= 0.6 is 0 Å². The van der Waals surface area contributed by atoms with Crippen LogP contribution in [-0.4, -0.2) is 0 Å². The SMILES string of the molecule is CC1(C)c2cc(-c3ccc(-c4ccc(-c5ccccc5)cc4)cc3)ccc2-c2ccc(N(c3ccccc3)c3cc4ccccc4c4ccccc34)cc21. The Morgan fingerprint density at radius 1 is 0.333 bits per heavy atom. The van der Waals surface area contributed by atoms with E-state index in [0.29, 0.717) is 0 Å². The Labute approximate surface area is 317 Å². The molecule has 1 aliphatic rings. The molecule has 0 radical (unpaired) electrons. The molecule has 1 nitrogen and oxygen atoms in total. The zero-order chi connectivity index (χ0) is 36.2. The zero-order valence-electron chi connectivity index (χ0n) is 30.5. The molecule has 9 aromatic carbocycles. The van der Waals surface area contributed by atoms with Gasteiger partial charge in [0.2, 0.25) is 0 Å². The van der Waals surface area contributed by atoms with E-state index in [1.54, 1.807) is 0 Å². The van der Waals surface area contributed by atoms with Crippen LogP contribution in [0.15, 0.2) is 200 Å². The molecular weight excluding hydrogens is 651 g/mol. The van der Waals surface area contributed by atoms with E-state index in [1.165, 1.54) is 82.9 Å². The number of benzene rings is 9. The minimum Gasteiger partial charge on any atom is -0.310 e. The van der Waals surface area contributed by atoms with E-state index in [2.05, 4.69) is 219 Å². The standard InChI is InChI=1S/C53H39N/c1-53(2)50-33-41(40-27-25-39(26-28-40)38-23-21-37(22-24-38)36-13-5-3-6-14-36)29-31-47(50)48-32-30-44(35-51(48)53)54(43-16-7-4-8-17-43)52-34-42-15-9-10-18-45(42)46-19-11-12-20-49(46)52/h3-35H,1-2H3. The van der Waals surface area contributed by atoms with Crippen molar-refractivity contribution in [1.82, 2.24) is 0 Å². The van der Waals surface area contributed by atoms with Gasteiger partial charge in [0.1, 0.15) is 0 Å².